The van der Waals surface area contributed by atoms with Gasteiger partial charge in [0.1, 0.15) is 11.6 Å². The zero-order chi connectivity index (χ0) is 17.4. The van der Waals surface area contributed by atoms with Crippen molar-refractivity contribution in [3.05, 3.63) is 54.3 Å². The van der Waals surface area contributed by atoms with Gasteiger partial charge in [-0.25, -0.2) is 4.39 Å². The highest BCUT2D eigenvalue weighted by Crippen LogP contribution is 2.23. The summed E-state index contributed by atoms with van der Waals surface area (Å²) in [6.07, 6.45) is 0. The van der Waals surface area contributed by atoms with Crippen LogP contribution in [0.4, 0.5) is 15.8 Å². The summed E-state index contributed by atoms with van der Waals surface area (Å²) >= 11 is 1.19. The first-order valence-electron chi connectivity index (χ1n) is 7.14. The number of halogens is 1. The number of nitrogens with one attached hydrogen (secondary N) is 2. The molecule has 0 bridgehead atoms. The molecule has 0 spiro atoms. The molecule has 0 radical (unpaired) electrons. The lowest BCUT2D eigenvalue weighted by atomic mass is 10.3. The van der Waals surface area contributed by atoms with Crippen molar-refractivity contribution in [2.24, 2.45) is 0 Å². The molecule has 0 saturated heterocycles. The van der Waals surface area contributed by atoms with Crippen molar-refractivity contribution in [3.63, 3.8) is 0 Å². The quantitative estimate of drug-likeness (QED) is 0.807. The van der Waals surface area contributed by atoms with Gasteiger partial charge in [0.05, 0.1) is 24.3 Å². The van der Waals surface area contributed by atoms with E-state index in [1.165, 1.54) is 43.1 Å². The van der Waals surface area contributed by atoms with Crippen LogP contribution in [0.3, 0.4) is 0 Å². The number of carbonyl (C=O) groups excluding carboxylic acids is 2. The van der Waals surface area contributed by atoms with Crippen LogP contribution in [0.2, 0.25) is 0 Å². The van der Waals surface area contributed by atoms with Crippen molar-refractivity contribution < 1.29 is 18.7 Å². The van der Waals surface area contributed by atoms with Crippen LogP contribution in [0.15, 0.2) is 48.5 Å². The van der Waals surface area contributed by atoms with E-state index in [-0.39, 0.29) is 29.1 Å². The van der Waals surface area contributed by atoms with Crippen LogP contribution in [0.25, 0.3) is 0 Å². The summed E-state index contributed by atoms with van der Waals surface area (Å²) in [5.74, 6) is -0.0120. The molecule has 24 heavy (non-hydrogen) atoms. The Bertz CT molecular complexity index is 707. The van der Waals surface area contributed by atoms with Crippen molar-refractivity contribution in [2.75, 3.05) is 29.2 Å². The summed E-state index contributed by atoms with van der Waals surface area (Å²) in [5.41, 5.74) is 1.10. The van der Waals surface area contributed by atoms with Crippen LogP contribution < -0.4 is 15.4 Å². The van der Waals surface area contributed by atoms with E-state index < -0.39 is 0 Å². The maximum atomic E-state index is 12.8. The first-order chi connectivity index (χ1) is 11.6. The van der Waals surface area contributed by atoms with Gasteiger partial charge in [-0.05, 0) is 36.4 Å². The van der Waals surface area contributed by atoms with E-state index in [1.54, 1.807) is 18.2 Å². The third-order valence-corrected chi connectivity index (χ3v) is 3.91. The van der Waals surface area contributed by atoms with Crippen molar-refractivity contribution in [1.82, 2.24) is 0 Å². The summed E-state index contributed by atoms with van der Waals surface area (Å²) in [5, 5.41) is 5.37. The molecule has 0 unspecified atom stereocenters. The fourth-order valence-corrected chi connectivity index (χ4v) is 2.52. The minimum absolute atomic E-state index is 0.122. The fourth-order valence-electron chi connectivity index (χ4n) is 1.90. The molecule has 2 amide bonds. The van der Waals surface area contributed by atoms with E-state index in [2.05, 4.69) is 10.6 Å². The zero-order valence-electron chi connectivity index (χ0n) is 13.0. The standard InChI is InChI=1S/C17H17FN2O3S/c1-23-15-5-3-2-4-14(15)20-17(22)11-24-10-16(21)19-13-8-6-12(18)7-9-13/h2-9H,10-11H2,1H3,(H,19,21)(H,20,22). The van der Waals surface area contributed by atoms with Crippen molar-refractivity contribution >= 4 is 35.0 Å². The van der Waals surface area contributed by atoms with Gasteiger partial charge in [0.15, 0.2) is 0 Å². The van der Waals surface area contributed by atoms with Crippen LogP contribution in [-0.2, 0) is 9.59 Å². The summed E-state index contributed by atoms with van der Waals surface area (Å²) in [6.45, 7) is 0. The highest BCUT2D eigenvalue weighted by molar-refractivity contribution is 8.00. The number of para-hydroxylation sites is 2. The maximum Gasteiger partial charge on any atom is 0.234 e. The van der Waals surface area contributed by atoms with Crippen molar-refractivity contribution in [2.45, 2.75) is 0 Å². The van der Waals surface area contributed by atoms with Crippen LogP contribution >= 0.6 is 11.8 Å². The molecule has 0 fully saturated rings. The molecule has 5 nitrogen and oxygen atoms in total. The highest BCUT2D eigenvalue weighted by atomic mass is 32.2. The normalized spacial score (nSPS) is 10.1. The number of rotatable bonds is 7. The third-order valence-electron chi connectivity index (χ3n) is 2.98. The van der Waals surface area contributed by atoms with Gasteiger partial charge in [0.25, 0.3) is 0 Å². The van der Waals surface area contributed by atoms with Gasteiger partial charge in [-0.1, -0.05) is 12.1 Å². The monoisotopic (exact) mass is 348 g/mol. The summed E-state index contributed by atoms with van der Waals surface area (Å²) in [7, 11) is 1.53. The van der Waals surface area contributed by atoms with E-state index in [0.717, 1.165) is 0 Å². The van der Waals surface area contributed by atoms with Gasteiger partial charge in [0.2, 0.25) is 11.8 Å². The zero-order valence-corrected chi connectivity index (χ0v) is 13.9. The Hall–Kier alpha value is -2.54. The number of hydrogen-bond acceptors (Lipinski definition) is 4. The topological polar surface area (TPSA) is 67.4 Å². The molecule has 2 N–H and O–H groups in total. The van der Waals surface area contributed by atoms with Crippen LogP contribution in [0, 0.1) is 5.82 Å². The summed E-state index contributed by atoms with van der Waals surface area (Å²) < 4.78 is 17.9. The van der Waals surface area contributed by atoms with Crippen LogP contribution in [-0.4, -0.2) is 30.4 Å². The Labute approximate surface area is 143 Å². The highest BCUT2D eigenvalue weighted by Gasteiger charge is 2.09. The molecule has 0 atom stereocenters. The number of anilines is 2. The van der Waals surface area contributed by atoms with Gasteiger partial charge in [-0.15, -0.1) is 11.8 Å². The predicted octanol–water partition coefficient (Wildman–Crippen LogP) is 3.14. The molecule has 0 aliphatic carbocycles. The first-order valence-corrected chi connectivity index (χ1v) is 8.30. The predicted molar refractivity (Wildman–Crippen MR) is 94.0 cm³/mol. The van der Waals surface area contributed by atoms with Gasteiger partial charge in [0, 0.05) is 5.69 Å². The Morgan fingerprint density at radius 2 is 1.62 bits per heavy atom. The van der Waals surface area contributed by atoms with Gasteiger partial charge in [-0.3, -0.25) is 9.59 Å². The van der Waals surface area contributed by atoms with Crippen LogP contribution in [0.5, 0.6) is 5.75 Å². The number of benzene rings is 2. The summed E-state index contributed by atoms with van der Waals surface area (Å²) in [4.78, 5) is 23.7. The smallest absolute Gasteiger partial charge is 0.234 e. The average molecular weight is 348 g/mol. The van der Waals surface area contributed by atoms with Crippen molar-refractivity contribution in [1.29, 1.82) is 0 Å². The molecule has 7 heteroatoms. The third kappa shape index (κ3) is 5.58. The average Bonchev–Trinajstić information content (AvgIpc) is 2.57. The Kier molecular flexibility index (Phi) is 6.62. The molecule has 2 aromatic rings. The number of thioether (sulfide) groups is 1. The maximum absolute atomic E-state index is 12.8. The largest absolute Gasteiger partial charge is 0.495 e. The molecule has 0 aliphatic heterocycles. The minimum Gasteiger partial charge on any atom is -0.495 e. The fraction of sp³-hybridized carbons (Fsp3) is 0.176. The number of amides is 2. The Balaban J connectivity index is 1.74. The molecule has 0 heterocycles. The second-order valence-electron chi connectivity index (χ2n) is 4.80. The minimum atomic E-state index is -0.365. The first kappa shape index (κ1) is 17.8. The summed E-state index contributed by atoms with van der Waals surface area (Å²) in [6, 6.07) is 12.6. The van der Waals surface area contributed by atoms with E-state index in [0.29, 0.717) is 17.1 Å². The Morgan fingerprint density at radius 1 is 1.00 bits per heavy atom. The number of methoxy groups -OCH3 is 1. The Morgan fingerprint density at radius 3 is 2.29 bits per heavy atom. The second-order valence-corrected chi connectivity index (χ2v) is 5.78. The molecule has 0 aromatic heterocycles. The number of carbonyl (C=O) groups is 2. The SMILES string of the molecule is COc1ccccc1NC(=O)CSCC(=O)Nc1ccc(F)cc1. The second kappa shape index (κ2) is 8.93. The molecule has 2 rings (SSSR count). The molecule has 126 valence electrons. The number of ether oxygens (including phenoxy) is 1. The van der Waals surface area contributed by atoms with Gasteiger partial charge >= 0.3 is 0 Å². The van der Waals surface area contributed by atoms with E-state index in [9.17, 15) is 14.0 Å². The lowest BCUT2D eigenvalue weighted by Crippen LogP contribution is -2.18. The van der Waals surface area contributed by atoms with Crippen LogP contribution in [0.1, 0.15) is 0 Å². The van der Waals surface area contributed by atoms with E-state index in [1.807, 2.05) is 6.07 Å². The van der Waals surface area contributed by atoms with Crippen molar-refractivity contribution in [3.8, 4) is 5.75 Å². The van der Waals surface area contributed by atoms with Gasteiger partial charge in [-0.2, -0.15) is 0 Å². The molecule has 0 saturated carbocycles. The number of hydrogen-bond donors (Lipinski definition) is 2. The molecular weight excluding hydrogens is 331 g/mol. The molecular formula is C17H17FN2O3S. The van der Waals surface area contributed by atoms with Gasteiger partial charge < -0.3 is 15.4 Å². The van der Waals surface area contributed by atoms with E-state index in [4.69, 9.17) is 4.74 Å². The molecule has 2 aromatic carbocycles. The lowest BCUT2D eigenvalue weighted by molar-refractivity contribution is -0.114. The lowest BCUT2D eigenvalue weighted by Gasteiger charge is -2.09. The molecule has 0 aliphatic rings. The van der Waals surface area contributed by atoms with E-state index >= 15 is 0 Å².